The number of rotatable bonds is 6. The Morgan fingerprint density at radius 3 is 2.59 bits per heavy atom. The molecule has 0 saturated carbocycles. The van der Waals surface area contributed by atoms with Crippen LogP contribution in [-0.2, 0) is 11.3 Å². The number of carbonyl (C=O) groups excluding carboxylic acids is 1. The van der Waals surface area contributed by atoms with E-state index in [2.05, 4.69) is 9.97 Å². The van der Waals surface area contributed by atoms with Crippen molar-refractivity contribution in [1.29, 1.82) is 0 Å². The van der Waals surface area contributed by atoms with Gasteiger partial charge >= 0.3 is 5.97 Å². The molecule has 3 heterocycles. The van der Waals surface area contributed by atoms with Gasteiger partial charge in [-0.25, -0.2) is 18.6 Å². The molecule has 1 aromatic carbocycles. The van der Waals surface area contributed by atoms with E-state index in [-0.39, 0.29) is 18.8 Å². The zero-order valence-corrected chi connectivity index (χ0v) is 17.9. The van der Waals surface area contributed by atoms with Crippen LogP contribution in [0.5, 0.6) is 5.75 Å². The van der Waals surface area contributed by atoms with E-state index in [1.54, 1.807) is 25.3 Å². The lowest BCUT2D eigenvalue weighted by Crippen LogP contribution is -2.05. The van der Waals surface area contributed by atoms with Crippen molar-refractivity contribution < 1.29 is 23.0 Å². The number of fused-ring (bicyclic) bond motifs is 1. The van der Waals surface area contributed by atoms with Gasteiger partial charge in [0.05, 0.1) is 29.1 Å². The molecule has 0 atom stereocenters. The van der Waals surface area contributed by atoms with Crippen molar-refractivity contribution in [3.05, 3.63) is 82.9 Å². The summed E-state index contributed by atoms with van der Waals surface area (Å²) < 4.78 is 40.7. The Morgan fingerprint density at radius 2 is 1.88 bits per heavy atom. The molecular formula is C24H21F2N3O3. The number of aromatic nitrogens is 3. The van der Waals surface area contributed by atoms with Crippen molar-refractivity contribution in [2.75, 3.05) is 6.61 Å². The normalized spacial score (nSPS) is 11.0. The molecular weight excluding hydrogens is 416 g/mol. The van der Waals surface area contributed by atoms with Gasteiger partial charge in [-0.15, -0.1) is 0 Å². The first-order valence-corrected chi connectivity index (χ1v) is 10.1. The van der Waals surface area contributed by atoms with Crippen LogP contribution in [0, 0.1) is 25.5 Å². The fourth-order valence-electron chi connectivity index (χ4n) is 3.53. The Kier molecular flexibility index (Phi) is 5.85. The van der Waals surface area contributed by atoms with Gasteiger partial charge in [0.2, 0.25) is 0 Å². The number of hydrogen-bond acceptors (Lipinski definition) is 5. The molecule has 4 aromatic rings. The molecule has 0 aliphatic heterocycles. The molecule has 0 spiro atoms. The van der Waals surface area contributed by atoms with Gasteiger partial charge in [0.1, 0.15) is 18.2 Å². The summed E-state index contributed by atoms with van der Waals surface area (Å²) in [5.74, 6) is -1.41. The molecule has 0 saturated heterocycles. The van der Waals surface area contributed by atoms with E-state index >= 15 is 0 Å². The highest BCUT2D eigenvalue weighted by Crippen LogP contribution is 2.31. The fraction of sp³-hybridized carbons (Fsp3) is 0.208. The summed E-state index contributed by atoms with van der Waals surface area (Å²) in [6.45, 7) is 5.43. The third-order valence-electron chi connectivity index (χ3n) is 4.95. The molecule has 3 aromatic heterocycles. The van der Waals surface area contributed by atoms with Crippen molar-refractivity contribution >= 4 is 11.6 Å². The topological polar surface area (TPSA) is 65.7 Å². The summed E-state index contributed by atoms with van der Waals surface area (Å²) in [5, 5.41) is 0. The second kappa shape index (κ2) is 8.74. The quantitative estimate of drug-likeness (QED) is 0.395. The van der Waals surface area contributed by atoms with Crippen LogP contribution in [0.4, 0.5) is 8.78 Å². The van der Waals surface area contributed by atoms with Crippen molar-refractivity contribution in [2.24, 2.45) is 0 Å². The molecule has 164 valence electrons. The molecule has 0 aliphatic carbocycles. The minimum Gasteiger partial charge on any atom is -0.485 e. The highest BCUT2D eigenvalue weighted by molar-refractivity contribution is 5.90. The number of benzene rings is 1. The first-order chi connectivity index (χ1) is 15.4. The molecule has 0 bridgehead atoms. The molecule has 0 N–H and O–H groups in total. The number of hydrogen-bond donors (Lipinski definition) is 0. The molecule has 6 nitrogen and oxygen atoms in total. The number of aryl methyl sites for hydroxylation is 2. The Labute approximate surface area is 183 Å². The molecule has 0 radical (unpaired) electrons. The second-order valence-electron chi connectivity index (χ2n) is 7.29. The minimum absolute atomic E-state index is 0.151. The van der Waals surface area contributed by atoms with E-state index in [1.807, 2.05) is 24.4 Å². The molecule has 4 rings (SSSR count). The van der Waals surface area contributed by atoms with Crippen molar-refractivity contribution in [2.45, 2.75) is 27.4 Å². The number of ether oxygens (including phenoxy) is 2. The van der Waals surface area contributed by atoms with Gasteiger partial charge in [-0.2, -0.15) is 0 Å². The summed E-state index contributed by atoms with van der Waals surface area (Å²) in [6, 6.07) is 7.14. The average Bonchev–Trinajstić information content (AvgIpc) is 3.09. The predicted molar refractivity (Wildman–Crippen MR) is 115 cm³/mol. The highest BCUT2D eigenvalue weighted by atomic mass is 19.1. The molecule has 0 aliphatic rings. The van der Waals surface area contributed by atoms with E-state index < -0.39 is 17.6 Å². The van der Waals surface area contributed by atoms with E-state index in [1.165, 1.54) is 24.4 Å². The smallest absolute Gasteiger partial charge is 0.339 e. The van der Waals surface area contributed by atoms with Crippen LogP contribution >= 0.6 is 0 Å². The van der Waals surface area contributed by atoms with E-state index in [9.17, 15) is 13.6 Å². The lowest BCUT2D eigenvalue weighted by molar-refractivity contribution is 0.0526. The van der Waals surface area contributed by atoms with Crippen molar-refractivity contribution in [3.63, 3.8) is 0 Å². The number of imidazole rings is 1. The highest BCUT2D eigenvalue weighted by Gasteiger charge is 2.18. The molecule has 0 amide bonds. The van der Waals surface area contributed by atoms with Crippen LogP contribution in [0.15, 0.2) is 48.9 Å². The lowest BCUT2D eigenvalue weighted by Gasteiger charge is -2.11. The fourth-order valence-corrected chi connectivity index (χ4v) is 3.53. The third-order valence-corrected chi connectivity index (χ3v) is 4.95. The Balaban J connectivity index is 1.76. The number of nitrogens with zero attached hydrogens (tertiary/aromatic N) is 3. The van der Waals surface area contributed by atoms with Gasteiger partial charge in [-0.05, 0) is 50.6 Å². The maximum atomic E-state index is 14.0. The maximum Gasteiger partial charge on any atom is 0.339 e. The Bertz CT molecular complexity index is 1300. The van der Waals surface area contributed by atoms with Gasteiger partial charge < -0.3 is 9.47 Å². The molecule has 32 heavy (non-hydrogen) atoms. The number of pyridine rings is 2. The Morgan fingerprint density at radius 1 is 1.12 bits per heavy atom. The van der Waals surface area contributed by atoms with Gasteiger partial charge in [-0.1, -0.05) is 6.07 Å². The predicted octanol–water partition coefficient (Wildman–Crippen LogP) is 5.05. The molecule has 0 unspecified atom stereocenters. The second-order valence-corrected chi connectivity index (χ2v) is 7.29. The summed E-state index contributed by atoms with van der Waals surface area (Å²) in [6.07, 6.45) is 4.96. The first kappa shape index (κ1) is 21.4. The third kappa shape index (κ3) is 4.03. The van der Waals surface area contributed by atoms with E-state index in [0.717, 1.165) is 11.3 Å². The van der Waals surface area contributed by atoms with Gasteiger partial charge in [0.25, 0.3) is 0 Å². The van der Waals surface area contributed by atoms with Gasteiger partial charge in [0, 0.05) is 24.2 Å². The maximum absolute atomic E-state index is 14.0. The van der Waals surface area contributed by atoms with Gasteiger partial charge in [0.15, 0.2) is 11.4 Å². The van der Waals surface area contributed by atoms with Crippen LogP contribution in [-0.4, -0.2) is 26.9 Å². The van der Waals surface area contributed by atoms with Crippen LogP contribution in [0.1, 0.15) is 34.1 Å². The van der Waals surface area contributed by atoms with Crippen molar-refractivity contribution in [3.8, 4) is 17.0 Å². The number of halogens is 2. The molecule has 0 fully saturated rings. The first-order valence-electron chi connectivity index (χ1n) is 10.1. The van der Waals surface area contributed by atoms with E-state index in [0.29, 0.717) is 28.2 Å². The zero-order valence-electron chi connectivity index (χ0n) is 17.9. The standard InChI is InChI=1S/C24H21F2N3O3/c1-4-31-24(30)17-9-16(10-27-11-17)22-15(3)28-23-21(8-14(2)12-29(22)23)32-13-18-19(25)6-5-7-20(18)26/h5-12H,4,13H2,1-3H3. The van der Waals surface area contributed by atoms with Crippen LogP contribution < -0.4 is 4.74 Å². The average molecular weight is 437 g/mol. The van der Waals surface area contributed by atoms with Crippen LogP contribution in [0.2, 0.25) is 0 Å². The summed E-state index contributed by atoms with van der Waals surface area (Å²) in [4.78, 5) is 20.9. The largest absolute Gasteiger partial charge is 0.485 e. The van der Waals surface area contributed by atoms with E-state index in [4.69, 9.17) is 9.47 Å². The van der Waals surface area contributed by atoms with Crippen molar-refractivity contribution in [1.82, 2.24) is 14.4 Å². The van der Waals surface area contributed by atoms with Gasteiger partial charge in [-0.3, -0.25) is 9.38 Å². The summed E-state index contributed by atoms with van der Waals surface area (Å²) >= 11 is 0. The number of carbonyl (C=O) groups is 1. The van der Waals surface area contributed by atoms with Crippen LogP contribution in [0.3, 0.4) is 0 Å². The molecule has 8 heteroatoms. The number of esters is 1. The zero-order chi connectivity index (χ0) is 22.8. The summed E-state index contributed by atoms with van der Waals surface area (Å²) in [5.41, 5.74) is 3.61. The Hall–Kier alpha value is -3.81. The summed E-state index contributed by atoms with van der Waals surface area (Å²) in [7, 11) is 0. The van der Waals surface area contributed by atoms with Crippen LogP contribution in [0.25, 0.3) is 16.9 Å². The monoisotopic (exact) mass is 437 g/mol. The minimum atomic E-state index is -0.671. The lowest BCUT2D eigenvalue weighted by atomic mass is 10.1. The SMILES string of the molecule is CCOC(=O)c1cncc(-c2c(C)nc3c(OCc4c(F)cccc4F)cc(C)cn23)c1.